The van der Waals surface area contributed by atoms with Crippen LogP contribution in [-0.4, -0.2) is 29.7 Å². The number of nitrogens with one attached hydrogen (secondary N) is 1. The molecule has 9 nitrogen and oxygen atoms in total. The van der Waals surface area contributed by atoms with E-state index in [1.807, 2.05) is 0 Å². The van der Waals surface area contributed by atoms with Gasteiger partial charge in [0.25, 0.3) is 5.91 Å². The van der Waals surface area contributed by atoms with Gasteiger partial charge >= 0.3 is 5.69 Å². The first kappa shape index (κ1) is 20.9. The number of hydrogen-bond donors (Lipinski definition) is 2. The lowest BCUT2D eigenvalue weighted by molar-refractivity contribution is -0.385. The Bertz CT molecular complexity index is 1070. The third kappa shape index (κ3) is 4.41. The average Bonchev–Trinajstić information content (AvgIpc) is 3.23. The molecule has 0 saturated heterocycles. The Morgan fingerprint density at radius 1 is 1.17 bits per heavy atom. The molecule has 30 heavy (non-hydrogen) atoms. The number of nitro benzene ring substituents is 1. The summed E-state index contributed by atoms with van der Waals surface area (Å²) in [5.41, 5.74) is 0.845. The zero-order valence-electron chi connectivity index (χ0n) is 16.4. The SMILES string of the molecule is CCOc1ccc(C(=O)Nc2ccc(OC)c(-c3ccc(CO)o3)c2)cc1[N+](=O)[O-]. The monoisotopic (exact) mass is 412 g/mol. The number of rotatable bonds is 8. The van der Waals surface area contributed by atoms with Gasteiger partial charge in [0, 0.05) is 17.3 Å². The van der Waals surface area contributed by atoms with Crippen LogP contribution in [0.2, 0.25) is 0 Å². The fourth-order valence-electron chi connectivity index (χ4n) is 2.87. The Labute approximate surface area is 172 Å². The van der Waals surface area contributed by atoms with Gasteiger partial charge in [-0.2, -0.15) is 0 Å². The van der Waals surface area contributed by atoms with E-state index >= 15 is 0 Å². The molecular weight excluding hydrogens is 392 g/mol. The van der Waals surface area contributed by atoms with Gasteiger partial charge in [-0.15, -0.1) is 0 Å². The summed E-state index contributed by atoms with van der Waals surface area (Å²) in [6.07, 6.45) is 0. The van der Waals surface area contributed by atoms with E-state index in [0.29, 0.717) is 28.5 Å². The van der Waals surface area contributed by atoms with Crippen molar-refractivity contribution < 1.29 is 28.7 Å². The zero-order chi connectivity index (χ0) is 21.7. The van der Waals surface area contributed by atoms with Gasteiger partial charge in [0.15, 0.2) is 5.75 Å². The van der Waals surface area contributed by atoms with E-state index in [9.17, 15) is 20.0 Å². The van der Waals surface area contributed by atoms with E-state index in [1.54, 1.807) is 37.3 Å². The molecule has 1 aromatic heterocycles. The predicted octanol–water partition coefficient (Wildman–Crippen LogP) is 4.01. The molecule has 0 fully saturated rings. The van der Waals surface area contributed by atoms with Crippen molar-refractivity contribution in [3.05, 3.63) is 70.0 Å². The molecule has 1 heterocycles. The van der Waals surface area contributed by atoms with Crippen molar-refractivity contribution in [3.63, 3.8) is 0 Å². The highest BCUT2D eigenvalue weighted by Crippen LogP contribution is 2.34. The number of aliphatic hydroxyl groups is 1. The molecule has 1 amide bonds. The van der Waals surface area contributed by atoms with Crippen LogP contribution in [0.25, 0.3) is 11.3 Å². The number of ether oxygens (including phenoxy) is 2. The Kier molecular flexibility index (Phi) is 6.33. The maximum absolute atomic E-state index is 12.6. The van der Waals surface area contributed by atoms with E-state index in [2.05, 4.69) is 5.32 Å². The molecule has 9 heteroatoms. The number of benzene rings is 2. The molecule has 0 atom stereocenters. The number of furan rings is 1. The van der Waals surface area contributed by atoms with Crippen LogP contribution in [0.4, 0.5) is 11.4 Å². The van der Waals surface area contributed by atoms with Gasteiger partial charge in [0.1, 0.15) is 23.9 Å². The number of hydrogen-bond acceptors (Lipinski definition) is 7. The molecule has 2 aromatic carbocycles. The second-order valence-electron chi connectivity index (χ2n) is 6.17. The smallest absolute Gasteiger partial charge is 0.311 e. The minimum atomic E-state index is -0.594. The third-order valence-corrected chi connectivity index (χ3v) is 4.26. The molecule has 0 bridgehead atoms. The van der Waals surface area contributed by atoms with Gasteiger partial charge in [-0.25, -0.2) is 0 Å². The first-order valence-corrected chi connectivity index (χ1v) is 9.07. The number of carbonyl (C=O) groups excluding carboxylic acids is 1. The van der Waals surface area contributed by atoms with Crippen molar-refractivity contribution in [3.8, 4) is 22.8 Å². The first-order chi connectivity index (χ1) is 14.5. The number of amides is 1. The summed E-state index contributed by atoms with van der Waals surface area (Å²) in [7, 11) is 1.51. The highest BCUT2D eigenvalue weighted by Gasteiger charge is 2.19. The van der Waals surface area contributed by atoms with Crippen LogP contribution in [0.5, 0.6) is 11.5 Å². The van der Waals surface area contributed by atoms with Gasteiger partial charge in [0.05, 0.1) is 24.2 Å². The van der Waals surface area contributed by atoms with Gasteiger partial charge < -0.3 is 24.3 Å². The number of carbonyl (C=O) groups is 1. The molecule has 0 spiro atoms. The normalized spacial score (nSPS) is 10.5. The summed E-state index contributed by atoms with van der Waals surface area (Å²) in [5, 5.41) is 23.2. The van der Waals surface area contributed by atoms with E-state index in [4.69, 9.17) is 13.9 Å². The molecule has 0 aliphatic carbocycles. The fourth-order valence-corrected chi connectivity index (χ4v) is 2.87. The predicted molar refractivity (Wildman–Crippen MR) is 109 cm³/mol. The molecule has 0 aliphatic rings. The third-order valence-electron chi connectivity index (χ3n) is 4.26. The standard InChI is InChI=1S/C21H20N2O7/c1-3-29-20-7-4-13(10-17(20)23(26)27)21(25)22-14-5-8-18(28-2)16(11-14)19-9-6-15(12-24)30-19/h4-11,24H,3,12H2,1-2H3,(H,22,25). The van der Waals surface area contributed by atoms with Crippen molar-refractivity contribution >= 4 is 17.3 Å². The molecule has 0 aliphatic heterocycles. The summed E-state index contributed by atoms with van der Waals surface area (Å²) in [6, 6.07) is 12.3. The molecule has 156 valence electrons. The van der Waals surface area contributed by atoms with Crippen molar-refractivity contribution in [2.45, 2.75) is 13.5 Å². The van der Waals surface area contributed by atoms with Crippen LogP contribution in [-0.2, 0) is 6.61 Å². The van der Waals surface area contributed by atoms with Gasteiger partial charge in [-0.1, -0.05) is 0 Å². The summed E-state index contributed by atoms with van der Waals surface area (Å²) < 4.78 is 16.1. The second-order valence-corrected chi connectivity index (χ2v) is 6.17. The van der Waals surface area contributed by atoms with Crippen LogP contribution in [0.15, 0.2) is 52.9 Å². The topological polar surface area (TPSA) is 124 Å². The van der Waals surface area contributed by atoms with Gasteiger partial charge in [-0.05, 0) is 49.4 Å². The number of methoxy groups -OCH3 is 1. The Hall–Kier alpha value is -3.85. The van der Waals surface area contributed by atoms with Gasteiger partial charge in [-0.3, -0.25) is 14.9 Å². The van der Waals surface area contributed by atoms with E-state index in [-0.39, 0.29) is 30.2 Å². The maximum atomic E-state index is 12.6. The average molecular weight is 412 g/mol. The van der Waals surface area contributed by atoms with Crippen molar-refractivity contribution in [1.29, 1.82) is 0 Å². The minimum Gasteiger partial charge on any atom is -0.496 e. The van der Waals surface area contributed by atoms with Crippen LogP contribution in [0.1, 0.15) is 23.0 Å². The molecule has 3 aromatic rings. The molecule has 0 unspecified atom stereocenters. The summed E-state index contributed by atoms with van der Waals surface area (Å²) >= 11 is 0. The highest BCUT2D eigenvalue weighted by atomic mass is 16.6. The Morgan fingerprint density at radius 2 is 1.93 bits per heavy atom. The largest absolute Gasteiger partial charge is 0.496 e. The van der Waals surface area contributed by atoms with E-state index in [1.165, 1.54) is 25.3 Å². The van der Waals surface area contributed by atoms with E-state index < -0.39 is 10.8 Å². The summed E-state index contributed by atoms with van der Waals surface area (Å²) in [6.45, 7) is 1.75. The molecular formula is C21H20N2O7. The highest BCUT2D eigenvalue weighted by molar-refractivity contribution is 6.05. The van der Waals surface area contributed by atoms with Crippen LogP contribution < -0.4 is 14.8 Å². The molecule has 3 rings (SSSR count). The first-order valence-electron chi connectivity index (χ1n) is 9.07. The Morgan fingerprint density at radius 3 is 2.57 bits per heavy atom. The summed E-state index contributed by atoms with van der Waals surface area (Å²) in [5.74, 6) is 0.950. The van der Waals surface area contributed by atoms with Gasteiger partial charge in [0.2, 0.25) is 0 Å². The second kappa shape index (κ2) is 9.10. The van der Waals surface area contributed by atoms with Crippen molar-refractivity contribution in [2.75, 3.05) is 19.0 Å². The quantitative estimate of drug-likeness (QED) is 0.423. The minimum absolute atomic E-state index is 0.100. The molecule has 0 radical (unpaired) electrons. The summed E-state index contributed by atoms with van der Waals surface area (Å²) in [4.78, 5) is 23.3. The van der Waals surface area contributed by atoms with E-state index in [0.717, 1.165) is 0 Å². The zero-order valence-corrected chi connectivity index (χ0v) is 16.4. The Balaban J connectivity index is 1.89. The molecule has 0 saturated carbocycles. The fraction of sp³-hybridized carbons (Fsp3) is 0.190. The van der Waals surface area contributed by atoms with Crippen LogP contribution in [0, 0.1) is 10.1 Å². The van der Waals surface area contributed by atoms with Crippen molar-refractivity contribution in [1.82, 2.24) is 0 Å². The number of nitrogens with zero attached hydrogens (tertiary/aromatic N) is 1. The number of anilines is 1. The lowest BCUT2D eigenvalue weighted by Gasteiger charge is -2.11. The lowest BCUT2D eigenvalue weighted by Crippen LogP contribution is -2.12. The maximum Gasteiger partial charge on any atom is 0.311 e. The van der Waals surface area contributed by atoms with Crippen molar-refractivity contribution in [2.24, 2.45) is 0 Å². The van der Waals surface area contributed by atoms with Crippen LogP contribution in [0.3, 0.4) is 0 Å². The lowest BCUT2D eigenvalue weighted by atomic mass is 10.1. The van der Waals surface area contributed by atoms with Crippen LogP contribution >= 0.6 is 0 Å². The molecule has 2 N–H and O–H groups in total. The number of aliphatic hydroxyl groups excluding tert-OH is 1. The number of nitro groups is 1.